The Bertz CT molecular complexity index is 508. The molecule has 1 heterocycles. The minimum absolute atomic E-state index is 0.0865. The van der Waals surface area contributed by atoms with E-state index in [1.54, 1.807) is 0 Å². The lowest BCUT2D eigenvalue weighted by molar-refractivity contribution is -0.133. The molecule has 0 aromatic heterocycles. The van der Waals surface area contributed by atoms with Crippen LogP contribution in [-0.4, -0.2) is 22.4 Å². The Hall–Kier alpha value is -1.59. The summed E-state index contributed by atoms with van der Waals surface area (Å²) in [6.45, 7) is 0. The first-order valence-corrected chi connectivity index (χ1v) is 5.73. The average Bonchev–Trinajstić information content (AvgIpc) is 2.32. The molecule has 0 saturated heterocycles. The molecule has 0 fully saturated rings. The van der Waals surface area contributed by atoms with Crippen LogP contribution in [0.15, 0.2) is 46.5 Å². The van der Waals surface area contributed by atoms with Crippen LogP contribution in [0.1, 0.15) is 5.56 Å². The van der Waals surface area contributed by atoms with Gasteiger partial charge in [-0.05, 0) is 27.6 Å². The number of halogens is 1. The highest BCUT2D eigenvalue weighted by molar-refractivity contribution is 9.12. The maximum atomic E-state index is 10.8. The number of carboxylic acids is 1. The number of aliphatic hydroxyl groups excluding tert-OH is 1. The fraction of sp³-hybridized carbons (Fsp3) is 0.0833. The fourth-order valence-electron chi connectivity index (χ4n) is 1.58. The Morgan fingerprint density at radius 1 is 1.29 bits per heavy atom. The quantitative estimate of drug-likeness (QED) is 0.776. The van der Waals surface area contributed by atoms with Gasteiger partial charge in [-0.2, -0.15) is 0 Å². The van der Waals surface area contributed by atoms with E-state index in [0.29, 0.717) is 10.2 Å². The molecule has 88 valence electrons. The molecule has 0 amide bonds. The number of allylic oxidation sites excluding steroid dienone is 2. The molecule has 1 aromatic carbocycles. The van der Waals surface area contributed by atoms with Crippen LogP contribution in [0.3, 0.4) is 0 Å². The first-order valence-electron chi connectivity index (χ1n) is 4.94. The SMILES string of the molecule is O=C(O)C1=CC(Br)=C(c2ccccc2)NC1O. The van der Waals surface area contributed by atoms with Crippen LogP contribution in [0.25, 0.3) is 5.70 Å². The highest BCUT2D eigenvalue weighted by Gasteiger charge is 2.24. The van der Waals surface area contributed by atoms with Crippen LogP contribution in [0.4, 0.5) is 0 Å². The van der Waals surface area contributed by atoms with Crippen molar-refractivity contribution in [1.29, 1.82) is 0 Å². The van der Waals surface area contributed by atoms with Crippen LogP contribution >= 0.6 is 15.9 Å². The monoisotopic (exact) mass is 295 g/mol. The van der Waals surface area contributed by atoms with Crippen molar-refractivity contribution in [2.24, 2.45) is 0 Å². The van der Waals surface area contributed by atoms with Gasteiger partial charge in [-0.25, -0.2) is 4.79 Å². The number of hydrogen-bond donors (Lipinski definition) is 3. The molecule has 0 spiro atoms. The number of carbonyl (C=O) groups is 1. The predicted molar refractivity (Wildman–Crippen MR) is 67.2 cm³/mol. The van der Waals surface area contributed by atoms with Crippen molar-refractivity contribution in [3.05, 3.63) is 52.0 Å². The molecule has 3 N–H and O–H groups in total. The number of hydrogen-bond acceptors (Lipinski definition) is 3. The molecule has 5 heteroatoms. The minimum Gasteiger partial charge on any atom is -0.478 e. The van der Waals surface area contributed by atoms with E-state index in [1.165, 1.54) is 6.08 Å². The average molecular weight is 296 g/mol. The molecule has 1 aromatic rings. The molecule has 4 nitrogen and oxygen atoms in total. The second-order valence-corrected chi connectivity index (χ2v) is 4.40. The normalized spacial score (nSPS) is 19.6. The molecule has 0 saturated carbocycles. The number of carboxylic acid groups (broad SMARTS) is 1. The summed E-state index contributed by atoms with van der Waals surface area (Å²) in [4.78, 5) is 10.8. The number of aliphatic carboxylic acids is 1. The van der Waals surface area contributed by atoms with Crippen molar-refractivity contribution in [2.45, 2.75) is 6.23 Å². The van der Waals surface area contributed by atoms with Crippen molar-refractivity contribution in [3.63, 3.8) is 0 Å². The highest BCUT2D eigenvalue weighted by atomic mass is 79.9. The van der Waals surface area contributed by atoms with Crippen LogP contribution in [0.2, 0.25) is 0 Å². The van der Waals surface area contributed by atoms with Crippen LogP contribution in [0, 0.1) is 0 Å². The number of rotatable bonds is 2. The van der Waals surface area contributed by atoms with E-state index in [4.69, 9.17) is 5.11 Å². The summed E-state index contributed by atoms with van der Waals surface area (Å²) >= 11 is 3.29. The Balaban J connectivity index is 2.44. The molecule has 1 unspecified atom stereocenters. The Morgan fingerprint density at radius 2 is 1.94 bits per heavy atom. The standard InChI is InChI=1S/C12H10BrNO3/c13-9-6-8(12(16)17)11(15)14-10(9)7-4-2-1-3-5-7/h1-6,11,14-15H,(H,16,17). The Morgan fingerprint density at radius 3 is 2.53 bits per heavy atom. The summed E-state index contributed by atoms with van der Waals surface area (Å²) < 4.78 is 0.603. The molecule has 0 bridgehead atoms. The van der Waals surface area contributed by atoms with Crippen LogP contribution in [-0.2, 0) is 4.79 Å². The van der Waals surface area contributed by atoms with Gasteiger partial charge >= 0.3 is 5.97 Å². The summed E-state index contributed by atoms with van der Waals surface area (Å²) in [7, 11) is 0. The van der Waals surface area contributed by atoms with Gasteiger partial charge in [0, 0.05) is 4.48 Å². The molecule has 1 aliphatic heterocycles. The molecular formula is C12H10BrNO3. The lowest BCUT2D eigenvalue weighted by Gasteiger charge is -2.23. The van der Waals surface area contributed by atoms with Crippen molar-refractivity contribution in [1.82, 2.24) is 5.32 Å². The number of aliphatic hydroxyl groups is 1. The van der Waals surface area contributed by atoms with E-state index in [2.05, 4.69) is 21.2 Å². The van der Waals surface area contributed by atoms with Gasteiger partial charge in [-0.1, -0.05) is 30.3 Å². The van der Waals surface area contributed by atoms with E-state index < -0.39 is 12.2 Å². The van der Waals surface area contributed by atoms with Crippen molar-refractivity contribution in [3.8, 4) is 0 Å². The van der Waals surface area contributed by atoms with Gasteiger partial charge in [0.15, 0.2) is 6.23 Å². The largest absolute Gasteiger partial charge is 0.478 e. The van der Waals surface area contributed by atoms with E-state index >= 15 is 0 Å². The number of nitrogens with one attached hydrogen (secondary N) is 1. The van der Waals surface area contributed by atoms with Gasteiger partial charge in [0.25, 0.3) is 0 Å². The van der Waals surface area contributed by atoms with Gasteiger partial charge in [0.05, 0.1) is 11.3 Å². The second kappa shape index (κ2) is 4.73. The molecule has 0 radical (unpaired) electrons. The summed E-state index contributed by atoms with van der Waals surface area (Å²) in [5.41, 5.74) is 1.46. The third-order valence-electron chi connectivity index (χ3n) is 2.41. The van der Waals surface area contributed by atoms with E-state index in [0.717, 1.165) is 5.56 Å². The van der Waals surface area contributed by atoms with Gasteiger partial charge in [-0.3, -0.25) is 0 Å². The van der Waals surface area contributed by atoms with Gasteiger partial charge in [0.2, 0.25) is 0 Å². The summed E-state index contributed by atoms with van der Waals surface area (Å²) in [6.07, 6.45) is 0.204. The maximum Gasteiger partial charge on any atom is 0.336 e. The van der Waals surface area contributed by atoms with Crippen molar-refractivity contribution < 1.29 is 15.0 Å². The van der Waals surface area contributed by atoms with Crippen LogP contribution in [0.5, 0.6) is 0 Å². The molecule has 2 rings (SSSR count). The summed E-state index contributed by atoms with van der Waals surface area (Å²) in [5.74, 6) is -1.14. The first kappa shape index (κ1) is 11.9. The third-order valence-corrected chi connectivity index (χ3v) is 3.03. The van der Waals surface area contributed by atoms with Crippen molar-refractivity contribution >= 4 is 27.6 Å². The third kappa shape index (κ3) is 2.40. The van der Waals surface area contributed by atoms with E-state index in [1.807, 2.05) is 30.3 Å². The zero-order chi connectivity index (χ0) is 12.4. The Kier molecular flexibility index (Phi) is 3.31. The van der Waals surface area contributed by atoms with Crippen molar-refractivity contribution in [2.75, 3.05) is 0 Å². The number of dihydropyridines is 1. The molecule has 17 heavy (non-hydrogen) atoms. The summed E-state index contributed by atoms with van der Waals surface area (Å²) in [5, 5.41) is 21.3. The van der Waals surface area contributed by atoms with E-state index in [-0.39, 0.29) is 5.57 Å². The fourth-order valence-corrected chi connectivity index (χ4v) is 2.17. The minimum atomic E-state index is -1.20. The molecule has 1 atom stereocenters. The van der Waals surface area contributed by atoms with E-state index in [9.17, 15) is 9.90 Å². The smallest absolute Gasteiger partial charge is 0.336 e. The van der Waals surface area contributed by atoms with Crippen LogP contribution < -0.4 is 5.32 Å². The molecular weight excluding hydrogens is 286 g/mol. The highest BCUT2D eigenvalue weighted by Crippen LogP contribution is 2.27. The molecule has 0 aliphatic carbocycles. The van der Waals surface area contributed by atoms with Gasteiger partial charge in [0.1, 0.15) is 0 Å². The number of benzene rings is 1. The second-order valence-electron chi connectivity index (χ2n) is 3.54. The zero-order valence-electron chi connectivity index (χ0n) is 8.72. The zero-order valence-corrected chi connectivity index (χ0v) is 10.3. The topological polar surface area (TPSA) is 69.6 Å². The van der Waals surface area contributed by atoms with Gasteiger partial charge < -0.3 is 15.5 Å². The van der Waals surface area contributed by atoms with Gasteiger partial charge in [-0.15, -0.1) is 0 Å². The molecule has 1 aliphatic rings. The predicted octanol–water partition coefficient (Wildman–Crippen LogP) is 1.68. The summed E-state index contributed by atoms with van der Waals surface area (Å²) in [6, 6.07) is 9.36. The Labute approximate surface area is 106 Å². The maximum absolute atomic E-state index is 10.8. The lowest BCUT2D eigenvalue weighted by atomic mass is 10.1. The first-order chi connectivity index (χ1) is 8.09. The lowest BCUT2D eigenvalue weighted by Crippen LogP contribution is -2.35.